The first-order chi connectivity index (χ1) is 6.25. The number of aliphatic hydroxyl groups is 1. The van der Waals surface area contributed by atoms with Gasteiger partial charge in [0.15, 0.2) is 0 Å². The molecule has 0 aliphatic heterocycles. The highest BCUT2D eigenvalue weighted by Gasteiger charge is 2.25. The van der Waals surface area contributed by atoms with E-state index in [1.807, 2.05) is 20.9 Å². The molecule has 0 fully saturated rings. The van der Waals surface area contributed by atoms with Gasteiger partial charge in [-0.25, -0.2) is 0 Å². The molecule has 3 heteroatoms. The predicted octanol–water partition coefficient (Wildman–Crippen LogP) is 1.30. The van der Waals surface area contributed by atoms with E-state index in [9.17, 15) is 4.79 Å². The van der Waals surface area contributed by atoms with Gasteiger partial charge in [-0.2, -0.15) is 0 Å². The van der Waals surface area contributed by atoms with Gasteiger partial charge in [0.05, 0.1) is 6.10 Å². The molecule has 84 valence electrons. The fourth-order valence-corrected chi connectivity index (χ4v) is 1.27. The summed E-state index contributed by atoms with van der Waals surface area (Å²) in [6.07, 6.45) is 0.489. The highest BCUT2D eigenvalue weighted by atomic mass is 16.3. The summed E-state index contributed by atoms with van der Waals surface area (Å²) in [6, 6.07) is 0. The smallest absolute Gasteiger partial charge is 0.136 e. The zero-order chi connectivity index (χ0) is 11.4. The maximum absolute atomic E-state index is 11.3. The third-order valence-corrected chi connectivity index (χ3v) is 2.55. The molecule has 0 aromatic heterocycles. The summed E-state index contributed by atoms with van der Waals surface area (Å²) in [4.78, 5) is 13.4. The van der Waals surface area contributed by atoms with Crippen LogP contribution in [0, 0.1) is 5.41 Å². The van der Waals surface area contributed by atoms with Crippen molar-refractivity contribution in [3.05, 3.63) is 0 Å². The second-order valence-electron chi connectivity index (χ2n) is 4.82. The van der Waals surface area contributed by atoms with Crippen molar-refractivity contribution < 1.29 is 9.90 Å². The molecular formula is C11H23NO2. The lowest BCUT2D eigenvalue weighted by Crippen LogP contribution is -2.37. The molecule has 0 radical (unpaired) electrons. The first kappa shape index (κ1) is 13.6. The number of Topliss-reactive ketones (excluding diaryl/α,β-unsaturated/α-hetero) is 1. The van der Waals surface area contributed by atoms with Crippen molar-refractivity contribution in [2.75, 3.05) is 20.1 Å². The third-order valence-electron chi connectivity index (χ3n) is 2.55. The van der Waals surface area contributed by atoms with Gasteiger partial charge in [0, 0.05) is 18.5 Å². The van der Waals surface area contributed by atoms with Crippen LogP contribution in [-0.2, 0) is 4.79 Å². The molecule has 0 saturated carbocycles. The number of hydrogen-bond acceptors (Lipinski definition) is 3. The summed E-state index contributed by atoms with van der Waals surface area (Å²) >= 11 is 0. The molecule has 0 spiro atoms. The molecule has 0 aromatic rings. The normalized spacial score (nSPS) is 14.5. The second-order valence-corrected chi connectivity index (χ2v) is 4.82. The van der Waals surface area contributed by atoms with Gasteiger partial charge in [-0.1, -0.05) is 13.8 Å². The minimum atomic E-state index is -0.284. The van der Waals surface area contributed by atoms with E-state index in [1.54, 1.807) is 13.8 Å². The maximum Gasteiger partial charge on any atom is 0.136 e. The predicted molar refractivity (Wildman–Crippen MR) is 58.3 cm³/mol. The SMILES string of the molecule is CC(=O)C(C)(C)CN(C)CCC(C)O. The minimum Gasteiger partial charge on any atom is -0.393 e. The summed E-state index contributed by atoms with van der Waals surface area (Å²) < 4.78 is 0. The quantitative estimate of drug-likeness (QED) is 0.704. The Balaban J connectivity index is 3.93. The van der Waals surface area contributed by atoms with E-state index in [4.69, 9.17) is 5.11 Å². The van der Waals surface area contributed by atoms with Crippen LogP contribution < -0.4 is 0 Å². The molecule has 0 rings (SSSR count). The van der Waals surface area contributed by atoms with Gasteiger partial charge in [0.25, 0.3) is 0 Å². The molecule has 14 heavy (non-hydrogen) atoms. The number of nitrogens with zero attached hydrogens (tertiary/aromatic N) is 1. The number of ketones is 1. The third kappa shape index (κ3) is 5.35. The van der Waals surface area contributed by atoms with Crippen LogP contribution in [-0.4, -0.2) is 42.0 Å². The summed E-state index contributed by atoms with van der Waals surface area (Å²) in [5, 5.41) is 9.12. The number of carbonyl (C=O) groups excluding carboxylic acids is 1. The number of hydrogen-bond donors (Lipinski definition) is 1. The highest BCUT2D eigenvalue weighted by molar-refractivity contribution is 5.81. The van der Waals surface area contributed by atoms with Crippen molar-refractivity contribution >= 4 is 5.78 Å². The number of carbonyl (C=O) groups is 1. The van der Waals surface area contributed by atoms with E-state index >= 15 is 0 Å². The summed E-state index contributed by atoms with van der Waals surface area (Å²) in [5.74, 6) is 0.210. The van der Waals surface area contributed by atoms with Gasteiger partial charge in [-0.05, 0) is 27.3 Å². The first-order valence-corrected chi connectivity index (χ1v) is 5.13. The standard InChI is InChI=1S/C11H23NO2/c1-9(13)6-7-12(5)8-11(3,4)10(2)14/h9,13H,6-8H2,1-5H3. The van der Waals surface area contributed by atoms with Crippen molar-refractivity contribution in [1.82, 2.24) is 4.90 Å². The van der Waals surface area contributed by atoms with Crippen LogP contribution in [0.2, 0.25) is 0 Å². The maximum atomic E-state index is 11.3. The van der Waals surface area contributed by atoms with E-state index < -0.39 is 0 Å². The molecule has 3 nitrogen and oxygen atoms in total. The minimum absolute atomic E-state index is 0.210. The van der Waals surface area contributed by atoms with Gasteiger partial charge in [-0.3, -0.25) is 4.79 Å². The van der Waals surface area contributed by atoms with Crippen LogP contribution >= 0.6 is 0 Å². The fourth-order valence-electron chi connectivity index (χ4n) is 1.27. The number of rotatable bonds is 6. The van der Waals surface area contributed by atoms with E-state index in [-0.39, 0.29) is 17.3 Å². The van der Waals surface area contributed by atoms with Crippen LogP contribution in [0.3, 0.4) is 0 Å². The lowest BCUT2D eigenvalue weighted by atomic mass is 9.88. The molecule has 1 N–H and O–H groups in total. The lowest BCUT2D eigenvalue weighted by Gasteiger charge is -2.28. The first-order valence-electron chi connectivity index (χ1n) is 5.13. The molecule has 0 aliphatic carbocycles. The van der Waals surface area contributed by atoms with Crippen molar-refractivity contribution in [3.8, 4) is 0 Å². The lowest BCUT2D eigenvalue weighted by molar-refractivity contribution is -0.125. The van der Waals surface area contributed by atoms with Gasteiger partial charge in [0.1, 0.15) is 5.78 Å². The van der Waals surface area contributed by atoms with Crippen LogP contribution in [0.15, 0.2) is 0 Å². The Morgan fingerprint density at radius 1 is 1.50 bits per heavy atom. The molecule has 1 atom stereocenters. The largest absolute Gasteiger partial charge is 0.393 e. The van der Waals surface area contributed by atoms with Crippen LogP contribution in [0.1, 0.15) is 34.1 Å². The molecule has 0 aliphatic rings. The summed E-state index contributed by atoms with van der Waals surface area (Å²) in [5.41, 5.74) is -0.284. The van der Waals surface area contributed by atoms with Crippen molar-refractivity contribution in [2.24, 2.45) is 5.41 Å². The van der Waals surface area contributed by atoms with Crippen LogP contribution in [0.25, 0.3) is 0 Å². The van der Waals surface area contributed by atoms with Crippen LogP contribution in [0.5, 0.6) is 0 Å². The Hall–Kier alpha value is -0.410. The Labute approximate surface area is 87.1 Å². The number of aliphatic hydroxyl groups excluding tert-OH is 1. The Morgan fingerprint density at radius 3 is 2.36 bits per heavy atom. The van der Waals surface area contributed by atoms with Crippen LogP contribution in [0.4, 0.5) is 0 Å². The summed E-state index contributed by atoms with van der Waals surface area (Å²) in [6.45, 7) is 8.89. The van der Waals surface area contributed by atoms with Gasteiger partial charge >= 0.3 is 0 Å². The molecule has 0 bridgehead atoms. The molecule has 0 amide bonds. The zero-order valence-corrected chi connectivity index (χ0v) is 10.0. The molecule has 0 aromatic carbocycles. The fraction of sp³-hybridized carbons (Fsp3) is 0.909. The van der Waals surface area contributed by atoms with Crippen molar-refractivity contribution in [2.45, 2.75) is 40.2 Å². The van der Waals surface area contributed by atoms with Gasteiger partial charge in [0.2, 0.25) is 0 Å². The molecule has 0 heterocycles. The van der Waals surface area contributed by atoms with Crippen molar-refractivity contribution in [3.63, 3.8) is 0 Å². The van der Waals surface area contributed by atoms with E-state index in [2.05, 4.69) is 4.90 Å². The monoisotopic (exact) mass is 201 g/mol. The molecular weight excluding hydrogens is 178 g/mol. The second kappa shape index (κ2) is 5.47. The average molecular weight is 201 g/mol. The highest BCUT2D eigenvalue weighted by Crippen LogP contribution is 2.17. The van der Waals surface area contributed by atoms with Crippen molar-refractivity contribution in [1.29, 1.82) is 0 Å². The van der Waals surface area contributed by atoms with E-state index in [0.29, 0.717) is 0 Å². The Bertz CT molecular complexity index is 188. The van der Waals surface area contributed by atoms with Gasteiger partial charge < -0.3 is 10.0 Å². The van der Waals surface area contributed by atoms with Gasteiger partial charge in [-0.15, -0.1) is 0 Å². The van der Waals surface area contributed by atoms with E-state index in [0.717, 1.165) is 19.5 Å². The zero-order valence-electron chi connectivity index (χ0n) is 10.0. The summed E-state index contributed by atoms with van der Waals surface area (Å²) in [7, 11) is 1.98. The molecule has 0 saturated heterocycles. The average Bonchev–Trinajstić information content (AvgIpc) is 1.99. The molecule has 1 unspecified atom stereocenters. The topological polar surface area (TPSA) is 40.5 Å². The van der Waals surface area contributed by atoms with E-state index in [1.165, 1.54) is 0 Å². The Morgan fingerprint density at radius 2 is 2.00 bits per heavy atom. The Kier molecular flexibility index (Phi) is 5.31.